The quantitative estimate of drug-likeness (QED) is 0.498. The number of aryl methyl sites for hydroxylation is 2. The van der Waals surface area contributed by atoms with E-state index in [-0.39, 0.29) is 18.4 Å². The maximum absolute atomic E-state index is 12.6. The monoisotopic (exact) mass is 412 g/mol. The van der Waals surface area contributed by atoms with Crippen molar-refractivity contribution in [3.63, 3.8) is 0 Å². The van der Waals surface area contributed by atoms with Gasteiger partial charge < -0.3 is 25.8 Å². The van der Waals surface area contributed by atoms with E-state index in [0.717, 1.165) is 18.7 Å². The number of aromatic nitrogens is 6. The van der Waals surface area contributed by atoms with Crippen molar-refractivity contribution >= 4 is 34.7 Å². The van der Waals surface area contributed by atoms with Gasteiger partial charge in [-0.3, -0.25) is 4.79 Å². The molecule has 3 heterocycles. The van der Waals surface area contributed by atoms with Gasteiger partial charge in [0.05, 0.1) is 12.0 Å². The van der Waals surface area contributed by atoms with Crippen LogP contribution in [0.1, 0.15) is 19.0 Å². The fourth-order valence-electron chi connectivity index (χ4n) is 3.74. The second kappa shape index (κ2) is 7.90. The molecule has 0 aromatic carbocycles. The minimum atomic E-state index is -0.192. The Morgan fingerprint density at radius 3 is 2.87 bits per heavy atom. The van der Waals surface area contributed by atoms with E-state index in [0.29, 0.717) is 41.3 Å². The largest absolute Gasteiger partial charge is 0.368 e. The van der Waals surface area contributed by atoms with Crippen LogP contribution in [0, 0.1) is 12.8 Å². The number of amides is 1. The third kappa shape index (κ3) is 4.06. The van der Waals surface area contributed by atoms with Crippen molar-refractivity contribution in [3.8, 4) is 0 Å². The Balaban J connectivity index is 1.48. The van der Waals surface area contributed by atoms with E-state index >= 15 is 0 Å². The van der Waals surface area contributed by atoms with Crippen LogP contribution in [0.4, 0.5) is 17.6 Å². The van der Waals surface area contributed by atoms with Crippen molar-refractivity contribution < 1.29 is 4.79 Å². The molecule has 2 atom stereocenters. The Kier molecular flexibility index (Phi) is 5.29. The van der Waals surface area contributed by atoms with Gasteiger partial charge in [-0.1, -0.05) is 0 Å². The lowest BCUT2D eigenvalue weighted by Crippen LogP contribution is -2.21. The zero-order valence-electron chi connectivity index (χ0n) is 17.8. The van der Waals surface area contributed by atoms with Crippen LogP contribution >= 0.6 is 0 Å². The van der Waals surface area contributed by atoms with Crippen LogP contribution in [-0.4, -0.2) is 66.8 Å². The summed E-state index contributed by atoms with van der Waals surface area (Å²) >= 11 is 0. The second-order valence-corrected chi connectivity index (χ2v) is 7.92. The molecule has 160 valence electrons. The van der Waals surface area contributed by atoms with Gasteiger partial charge in [-0.25, -0.2) is 9.67 Å². The van der Waals surface area contributed by atoms with E-state index in [1.54, 1.807) is 15.6 Å². The molecule has 3 aromatic rings. The summed E-state index contributed by atoms with van der Waals surface area (Å²) in [4.78, 5) is 27.9. The highest BCUT2D eigenvalue weighted by Crippen LogP contribution is 2.34. The fraction of sp³-hybridized carbons (Fsp3) is 0.526. The van der Waals surface area contributed by atoms with Crippen molar-refractivity contribution in [1.29, 1.82) is 0 Å². The molecule has 0 radical (unpaired) electrons. The lowest BCUT2D eigenvalue weighted by molar-refractivity contribution is -0.116. The van der Waals surface area contributed by atoms with Gasteiger partial charge in [0.1, 0.15) is 12.4 Å². The number of rotatable bonds is 8. The van der Waals surface area contributed by atoms with Gasteiger partial charge >= 0.3 is 0 Å². The third-order valence-electron chi connectivity index (χ3n) is 5.34. The molecule has 1 fully saturated rings. The van der Waals surface area contributed by atoms with E-state index in [9.17, 15) is 4.79 Å². The van der Waals surface area contributed by atoms with Crippen LogP contribution < -0.4 is 16.4 Å². The SMILES string of the molecule is CCn1nc(C)cc1NC(=O)Cn1cnc2c(NCC3CC3N(C)C)nc(N)nc21. The number of nitrogens with zero attached hydrogens (tertiary/aromatic N) is 7. The normalized spacial score (nSPS) is 18.2. The number of carbonyl (C=O) groups excluding carboxylic acids is 1. The minimum absolute atomic E-state index is 0.0612. The summed E-state index contributed by atoms with van der Waals surface area (Å²) in [7, 11) is 4.18. The van der Waals surface area contributed by atoms with Gasteiger partial charge in [-0.15, -0.1) is 0 Å². The number of hydrogen-bond acceptors (Lipinski definition) is 8. The molecule has 4 rings (SSSR count). The van der Waals surface area contributed by atoms with E-state index in [1.165, 1.54) is 0 Å². The number of carbonyl (C=O) groups is 1. The van der Waals surface area contributed by atoms with Gasteiger partial charge in [0, 0.05) is 25.2 Å². The number of anilines is 3. The van der Waals surface area contributed by atoms with Gasteiger partial charge in [-0.2, -0.15) is 15.1 Å². The highest BCUT2D eigenvalue weighted by Gasteiger charge is 2.38. The number of hydrogen-bond donors (Lipinski definition) is 3. The molecule has 30 heavy (non-hydrogen) atoms. The topological polar surface area (TPSA) is 132 Å². The number of nitrogens with one attached hydrogen (secondary N) is 2. The Morgan fingerprint density at radius 1 is 1.37 bits per heavy atom. The predicted octanol–water partition coefficient (Wildman–Crippen LogP) is 0.934. The molecule has 0 saturated heterocycles. The predicted molar refractivity (Wildman–Crippen MR) is 115 cm³/mol. The molecule has 4 N–H and O–H groups in total. The summed E-state index contributed by atoms with van der Waals surface area (Å²) in [6.45, 7) is 5.39. The van der Waals surface area contributed by atoms with Gasteiger partial charge in [0.2, 0.25) is 11.9 Å². The van der Waals surface area contributed by atoms with E-state index in [2.05, 4.69) is 49.7 Å². The number of fused-ring (bicyclic) bond motifs is 1. The smallest absolute Gasteiger partial charge is 0.245 e. The van der Waals surface area contributed by atoms with Crippen LogP contribution in [0.5, 0.6) is 0 Å². The first-order valence-electron chi connectivity index (χ1n) is 10.1. The summed E-state index contributed by atoms with van der Waals surface area (Å²) in [5, 5.41) is 10.6. The third-order valence-corrected chi connectivity index (χ3v) is 5.34. The van der Waals surface area contributed by atoms with Crippen LogP contribution in [0.3, 0.4) is 0 Å². The zero-order chi connectivity index (χ0) is 21.4. The Bertz CT molecular complexity index is 1070. The minimum Gasteiger partial charge on any atom is -0.368 e. The van der Waals surface area contributed by atoms with Crippen molar-refractivity contribution in [2.24, 2.45) is 5.92 Å². The van der Waals surface area contributed by atoms with E-state index < -0.39 is 0 Å². The summed E-state index contributed by atoms with van der Waals surface area (Å²) in [5.41, 5.74) is 7.91. The van der Waals surface area contributed by atoms with E-state index in [1.807, 2.05) is 19.9 Å². The molecule has 3 aromatic heterocycles. The molecule has 11 nitrogen and oxygen atoms in total. The molecular weight excluding hydrogens is 384 g/mol. The van der Waals surface area contributed by atoms with Crippen LogP contribution in [0.25, 0.3) is 11.2 Å². The fourth-order valence-corrected chi connectivity index (χ4v) is 3.74. The zero-order valence-corrected chi connectivity index (χ0v) is 17.8. The highest BCUT2D eigenvalue weighted by molar-refractivity contribution is 5.91. The molecule has 0 bridgehead atoms. The number of nitrogen functional groups attached to an aromatic ring is 1. The highest BCUT2D eigenvalue weighted by atomic mass is 16.2. The molecule has 11 heteroatoms. The maximum atomic E-state index is 12.6. The maximum Gasteiger partial charge on any atom is 0.245 e. The van der Waals surface area contributed by atoms with Gasteiger partial charge in [-0.05, 0) is 40.3 Å². The average Bonchev–Trinajstić information content (AvgIpc) is 3.25. The first-order chi connectivity index (χ1) is 14.4. The summed E-state index contributed by atoms with van der Waals surface area (Å²) in [6.07, 6.45) is 2.75. The van der Waals surface area contributed by atoms with Crippen LogP contribution in [0.15, 0.2) is 12.4 Å². The first kappa shape index (κ1) is 20.1. The number of nitrogens with two attached hydrogens (primary N) is 1. The molecule has 1 aliphatic rings. The summed E-state index contributed by atoms with van der Waals surface area (Å²) < 4.78 is 3.42. The molecule has 2 unspecified atom stereocenters. The average molecular weight is 413 g/mol. The van der Waals surface area contributed by atoms with Crippen molar-refractivity contribution in [1.82, 2.24) is 34.2 Å². The lowest BCUT2D eigenvalue weighted by Gasteiger charge is -2.11. The second-order valence-electron chi connectivity index (χ2n) is 7.92. The molecule has 1 amide bonds. The standard InChI is InChI=1S/C19H28N10O/c1-5-29-14(6-11(2)26-29)23-15(30)9-28-10-22-16-17(24-19(20)25-18(16)28)21-8-12-7-13(12)27(3)4/h6,10,12-13H,5,7-9H2,1-4H3,(H,23,30)(H3,20,21,24,25). The first-order valence-corrected chi connectivity index (χ1v) is 10.1. The van der Waals surface area contributed by atoms with Crippen LogP contribution in [-0.2, 0) is 17.9 Å². The molecule has 0 aliphatic heterocycles. The molecule has 0 spiro atoms. The van der Waals surface area contributed by atoms with Gasteiger partial charge in [0.25, 0.3) is 0 Å². The molecular formula is C19H28N10O. The summed E-state index contributed by atoms with van der Waals surface area (Å²) in [5.74, 6) is 1.79. The number of imidazole rings is 1. The summed E-state index contributed by atoms with van der Waals surface area (Å²) in [6, 6.07) is 2.43. The Hall–Kier alpha value is -3.21. The van der Waals surface area contributed by atoms with Crippen molar-refractivity contribution in [3.05, 3.63) is 18.1 Å². The van der Waals surface area contributed by atoms with E-state index in [4.69, 9.17) is 5.73 Å². The molecule has 1 saturated carbocycles. The van der Waals surface area contributed by atoms with Crippen LogP contribution in [0.2, 0.25) is 0 Å². The molecule has 1 aliphatic carbocycles. The van der Waals surface area contributed by atoms with Crippen molar-refractivity contribution in [2.45, 2.75) is 39.4 Å². The van der Waals surface area contributed by atoms with Gasteiger partial charge in [0.15, 0.2) is 17.0 Å². The van der Waals surface area contributed by atoms with Crippen molar-refractivity contribution in [2.75, 3.05) is 37.0 Å². The Labute approximate surface area is 174 Å². The Morgan fingerprint density at radius 2 is 2.17 bits per heavy atom. The lowest BCUT2D eigenvalue weighted by atomic mass is 10.3.